The number of pyridine rings is 1. The summed E-state index contributed by atoms with van der Waals surface area (Å²) in [6.07, 6.45) is 7.35. The third-order valence-electron chi connectivity index (χ3n) is 5.90. The molecule has 150 valence electrons. The zero-order chi connectivity index (χ0) is 20.0. The Morgan fingerprint density at radius 1 is 1.28 bits per heavy atom. The van der Waals surface area contributed by atoms with Gasteiger partial charge in [0.1, 0.15) is 17.2 Å². The van der Waals surface area contributed by atoms with E-state index >= 15 is 0 Å². The highest BCUT2D eigenvalue weighted by atomic mass is 19.1. The number of anilines is 1. The number of hydrogen-bond donors (Lipinski definition) is 1. The summed E-state index contributed by atoms with van der Waals surface area (Å²) in [6.45, 7) is 4.05. The molecule has 8 heteroatoms. The molecule has 0 bridgehead atoms. The monoisotopic (exact) mass is 394 g/mol. The normalized spacial score (nSPS) is 21.2. The van der Waals surface area contributed by atoms with Crippen molar-refractivity contribution >= 4 is 17.4 Å². The highest BCUT2D eigenvalue weighted by Gasteiger charge is 2.45. The van der Waals surface area contributed by atoms with E-state index in [2.05, 4.69) is 20.3 Å². The van der Waals surface area contributed by atoms with Crippen molar-refractivity contribution in [3.05, 3.63) is 53.9 Å². The smallest absolute Gasteiger partial charge is 0.256 e. The second-order valence-corrected chi connectivity index (χ2v) is 8.15. The molecule has 1 N–H and O–H groups in total. The molecule has 3 atom stereocenters. The predicted octanol–water partition coefficient (Wildman–Crippen LogP) is 2.47. The maximum atomic E-state index is 13.0. The van der Waals surface area contributed by atoms with E-state index in [4.69, 9.17) is 4.98 Å². The zero-order valence-corrected chi connectivity index (χ0v) is 16.3. The van der Waals surface area contributed by atoms with Gasteiger partial charge in [-0.2, -0.15) is 5.10 Å². The average molecular weight is 394 g/mol. The van der Waals surface area contributed by atoms with Gasteiger partial charge in [0.25, 0.3) is 5.91 Å². The fourth-order valence-corrected chi connectivity index (χ4v) is 4.07. The molecule has 1 aliphatic carbocycles. The fraction of sp³-hybridized carbons (Fsp3) is 0.429. The van der Waals surface area contributed by atoms with Gasteiger partial charge in [-0.05, 0) is 56.2 Å². The molecule has 29 heavy (non-hydrogen) atoms. The van der Waals surface area contributed by atoms with Crippen LogP contribution in [0, 0.1) is 17.7 Å². The summed E-state index contributed by atoms with van der Waals surface area (Å²) >= 11 is 0. The molecular weight excluding hydrogens is 371 g/mol. The summed E-state index contributed by atoms with van der Waals surface area (Å²) in [5.41, 5.74) is 1.86. The van der Waals surface area contributed by atoms with Crippen molar-refractivity contribution in [2.24, 2.45) is 11.8 Å². The first-order chi connectivity index (χ1) is 14.1. The van der Waals surface area contributed by atoms with Gasteiger partial charge in [-0.25, -0.2) is 13.9 Å². The fourth-order valence-electron chi connectivity index (χ4n) is 4.07. The molecule has 3 aromatic heterocycles. The number of amides is 1. The van der Waals surface area contributed by atoms with Gasteiger partial charge in [0.15, 0.2) is 5.65 Å². The van der Waals surface area contributed by atoms with Gasteiger partial charge in [-0.15, -0.1) is 0 Å². The third kappa shape index (κ3) is 3.66. The zero-order valence-electron chi connectivity index (χ0n) is 16.3. The molecule has 4 heterocycles. The molecule has 3 aromatic rings. The number of hydrogen-bond acceptors (Lipinski definition) is 5. The van der Waals surface area contributed by atoms with Crippen LogP contribution in [-0.4, -0.2) is 44.6 Å². The molecule has 1 saturated heterocycles. The average Bonchev–Trinajstić information content (AvgIpc) is 3.13. The minimum absolute atomic E-state index is 0.0572. The van der Waals surface area contributed by atoms with Crippen LogP contribution in [0.5, 0.6) is 0 Å². The molecular formula is C21H23FN6O. The minimum atomic E-state index is -0.346. The number of aromatic nitrogens is 4. The standard InChI is InChI=1S/C21H23FN6O/c1-13(2-4-17-5-3-16(22)9-23-17)25-21(29)18-10-24-28-7-6-19(26-20(18)28)27-11-14-8-15(14)12-27/h3,5-7,9-10,13-15H,2,4,8,11-12H2,1H3,(H,25,29). The Hall–Kier alpha value is -3.03. The van der Waals surface area contributed by atoms with Crippen LogP contribution in [-0.2, 0) is 6.42 Å². The molecule has 2 aliphatic rings. The van der Waals surface area contributed by atoms with Crippen LogP contribution in [0.3, 0.4) is 0 Å². The maximum Gasteiger partial charge on any atom is 0.256 e. The van der Waals surface area contributed by atoms with Crippen LogP contribution >= 0.6 is 0 Å². The Balaban J connectivity index is 1.25. The van der Waals surface area contributed by atoms with E-state index in [1.54, 1.807) is 16.8 Å². The number of nitrogens with one attached hydrogen (secondary N) is 1. The third-order valence-corrected chi connectivity index (χ3v) is 5.90. The molecule has 1 saturated carbocycles. The van der Waals surface area contributed by atoms with Gasteiger partial charge >= 0.3 is 0 Å². The van der Waals surface area contributed by atoms with Crippen molar-refractivity contribution in [1.29, 1.82) is 0 Å². The number of carbonyl (C=O) groups is 1. The number of carbonyl (C=O) groups excluding carboxylic acids is 1. The van der Waals surface area contributed by atoms with E-state index < -0.39 is 0 Å². The van der Waals surface area contributed by atoms with Crippen LogP contribution in [0.25, 0.3) is 5.65 Å². The maximum absolute atomic E-state index is 13.0. The Morgan fingerprint density at radius 2 is 2.10 bits per heavy atom. The Kier molecular flexibility index (Phi) is 4.41. The van der Waals surface area contributed by atoms with E-state index in [0.717, 1.165) is 36.4 Å². The van der Waals surface area contributed by atoms with Crippen LogP contribution < -0.4 is 10.2 Å². The van der Waals surface area contributed by atoms with Gasteiger partial charge in [0, 0.05) is 31.0 Å². The number of halogens is 1. The summed E-state index contributed by atoms with van der Waals surface area (Å²) < 4.78 is 14.6. The van der Waals surface area contributed by atoms with Crippen LogP contribution in [0.2, 0.25) is 0 Å². The molecule has 1 amide bonds. The Labute approximate surface area is 168 Å². The first kappa shape index (κ1) is 18.0. The topological polar surface area (TPSA) is 75.4 Å². The Bertz CT molecular complexity index is 1040. The SMILES string of the molecule is CC(CCc1ccc(F)cn1)NC(=O)c1cnn2ccc(N3CC4CC4C3)nc12. The number of nitrogens with zero attached hydrogens (tertiary/aromatic N) is 5. The second kappa shape index (κ2) is 7.09. The number of piperidine rings is 1. The second-order valence-electron chi connectivity index (χ2n) is 8.15. The Morgan fingerprint density at radius 3 is 2.86 bits per heavy atom. The molecule has 1 aliphatic heterocycles. The van der Waals surface area contributed by atoms with Gasteiger partial charge in [-0.1, -0.05) is 0 Å². The van der Waals surface area contributed by atoms with Crippen LogP contribution in [0.1, 0.15) is 35.8 Å². The van der Waals surface area contributed by atoms with Crippen molar-refractivity contribution in [2.45, 2.75) is 32.2 Å². The van der Waals surface area contributed by atoms with E-state index in [1.807, 2.05) is 19.2 Å². The molecule has 0 spiro atoms. The van der Waals surface area contributed by atoms with E-state index in [0.29, 0.717) is 24.1 Å². The predicted molar refractivity (Wildman–Crippen MR) is 106 cm³/mol. The van der Waals surface area contributed by atoms with Crippen molar-refractivity contribution in [1.82, 2.24) is 24.9 Å². The van der Waals surface area contributed by atoms with Crippen LogP contribution in [0.15, 0.2) is 36.8 Å². The first-order valence-corrected chi connectivity index (χ1v) is 10.1. The van der Waals surface area contributed by atoms with E-state index in [1.165, 1.54) is 18.7 Å². The highest BCUT2D eigenvalue weighted by Crippen LogP contribution is 2.45. The van der Waals surface area contributed by atoms with Crippen molar-refractivity contribution in [2.75, 3.05) is 18.0 Å². The van der Waals surface area contributed by atoms with Crippen molar-refractivity contribution in [3.63, 3.8) is 0 Å². The summed E-state index contributed by atoms with van der Waals surface area (Å²) in [5.74, 6) is 2.01. The quantitative estimate of drug-likeness (QED) is 0.695. The summed E-state index contributed by atoms with van der Waals surface area (Å²) in [4.78, 5) is 23.9. The minimum Gasteiger partial charge on any atom is -0.356 e. The van der Waals surface area contributed by atoms with Gasteiger partial charge in [0.2, 0.25) is 0 Å². The molecule has 2 fully saturated rings. The molecule has 7 nitrogen and oxygen atoms in total. The highest BCUT2D eigenvalue weighted by molar-refractivity contribution is 5.99. The van der Waals surface area contributed by atoms with Crippen molar-refractivity contribution in [3.8, 4) is 0 Å². The van der Waals surface area contributed by atoms with Gasteiger partial charge in [-0.3, -0.25) is 9.78 Å². The lowest BCUT2D eigenvalue weighted by Gasteiger charge is -2.19. The van der Waals surface area contributed by atoms with Gasteiger partial charge in [0.05, 0.1) is 12.4 Å². The lowest BCUT2D eigenvalue weighted by Crippen LogP contribution is -2.33. The van der Waals surface area contributed by atoms with E-state index in [-0.39, 0.29) is 17.8 Å². The first-order valence-electron chi connectivity index (χ1n) is 10.1. The lowest BCUT2D eigenvalue weighted by atomic mass is 10.1. The molecule has 3 unspecified atom stereocenters. The molecule has 5 rings (SSSR count). The van der Waals surface area contributed by atoms with Crippen LogP contribution in [0.4, 0.5) is 10.2 Å². The molecule has 0 aromatic carbocycles. The number of rotatable bonds is 6. The van der Waals surface area contributed by atoms with Crippen molar-refractivity contribution < 1.29 is 9.18 Å². The summed E-state index contributed by atoms with van der Waals surface area (Å²) in [7, 11) is 0. The largest absolute Gasteiger partial charge is 0.356 e. The van der Waals surface area contributed by atoms with E-state index in [9.17, 15) is 9.18 Å². The number of fused-ring (bicyclic) bond motifs is 2. The molecule has 0 radical (unpaired) electrons. The number of aryl methyl sites for hydroxylation is 1. The van der Waals surface area contributed by atoms with Gasteiger partial charge < -0.3 is 10.2 Å². The summed E-state index contributed by atoms with van der Waals surface area (Å²) in [6, 6.07) is 4.98. The summed E-state index contributed by atoms with van der Waals surface area (Å²) in [5, 5.41) is 7.28. The lowest BCUT2D eigenvalue weighted by molar-refractivity contribution is 0.0940.